The second-order valence-corrected chi connectivity index (χ2v) is 6.16. The molecule has 2 aromatic rings. The zero-order chi connectivity index (χ0) is 13.0. The van der Waals surface area contributed by atoms with Gasteiger partial charge in [-0.3, -0.25) is 0 Å². The lowest BCUT2D eigenvalue weighted by Gasteiger charge is -2.06. The second-order valence-electron chi connectivity index (χ2n) is 3.98. The number of hydrogen-bond donors (Lipinski definition) is 1. The van der Waals surface area contributed by atoms with Crippen LogP contribution < -0.4 is 5.32 Å². The van der Waals surface area contributed by atoms with Crippen molar-refractivity contribution in [1.29, 1.82) is 0 Å². The summed E-state index contributed by atoms with van der Waals surface area (Å²) in [5, 5.41) is 4.15. The molecule has 0 fully saturated rings. The fourth-order valence-electron chi connectivity index (χ4n) is 1.60. The molecular formula is C14H12Br2ClN. The topological polar surface area (TPSA) is 12.0 Å². The third kappa shape index (κ3) is 4.09. The summed E-state index contributed by atoms with van der Waals surface area (Å²) in [4.78, 5) is 0. The van der Waals surface area contributed by atoms with E-state index in [1.165, 1.54) is 11.1 Å². The highest BCUT2D eigenvalue weighted by Crippen LogP contribution is 2.23. The molecule has 0 aliphatic rings. The highest BCUT2D eigenvalue weighted by molar-refractivity contribution is 9.10. The van der Waals surface area contributed by atoms with E-state index in [1.807, 2.05) is 18.2 Å². The largest absolute Gasteiger partial charge is 0.309 e. The van der Waals surface area contributed by atoms with E-state index in [0.717, 1.165) is 27.1 Å². The van der Waals surface area contributed by atoms with Crippen molar-refractivity contribution >= 4 is 43.5 Å². The molecular weight excluding hydrogens is 377 g/mol. The van der Waals surface area contributed by atoms with Gasteiger partial charge in [0.25, 0.3) is 0 Å². The first-order valence-corrected chi connectivity index (χ1v) is 7.50. The van der Waals surface area contributed by atoms with E-state index >= 15 is 0 Å². The van der Waals surface area contributed by atoms with Gasteiger partial charge in [-0.2, -0.15) is 0 Å². The van der Waals surface area contributed by atoms with Gasteiger partial charge in [0.2, 0.25) is 0 Å². The van der Waals surface area contributed by atoms with Gasteiger partial charge in [0.15, 0.2) is 0 Å². The third-order valence-corrected chi connectivity index (χ3v) is 4.30. The maximum absolute atomic E-state index is 5.95. The number of hydrogen-bond acceptors (Lipinski definition) is 1. The van der Waals surface area contributed by atoms with Crippen molar-refractivity contribution in [2.75, 3.05) is 0 Å². The lowest BCUT2D eigenvalue weighted by Crippen LogP contribution is -2.12. The Morgan fingerprint density at radius 2 is 1.50 bits per heavy atom. The molecule has 0 saturated heterocycles. The summed E-state index contributed by atoms with van der Waals surface area (Å²) in [6, 6.07) is 14.3. The van der Waals surface area contributed by atoms with Crippen LogP contribution in [0.25, 0.3) is 0 Å². The van der Waals surface area contributed by atoms with Crippen molar-refractivity contribution in [2.24, 2.45) is 0 Å². The van der Waals surface area contributed by atoms with Gasteiger partial charge >= 0.3 is 0 Å². The maximum Gasteiger partial charge on any atom is 0.0548 e. The molecule has 0 heterocycles. The summed E-state index contributed by atoms with van der Waals surface area (Å²) < 4.78 is 2.04. The molecule has 0 radical (unpaired) electrons. The summed E-state index contributed by atoms with van der Waals surface area (Å²) in [7, 11) is 0. The predicted molar refractivity (Wildman–Crippen MR) is 83.8 cm³/mol. The molecule has 2 aromatic carbocycles. The Balaban J connectivity index is 1.88. The average Bonchev–Trinajstić information content (AvgIpc) is 2.36. The molecule has 0 aliphatic heterocycles. The summed E-state index contributed by atoms with van der Waals surface area (Å²) in [5.41, 5.74) is 2.48. The second kappa shape index (κ2) is 6.71. The predicted octanol–water partition coefficient (Wildman–Crippen LogP) is 5.15. The number of rotatable bonds is 4. The van der Waals surface area contributed by atoms with Crippen LogP contribution in [0.3, 0.4) is 0 Å². The molecule has 0 atom stereocenters. The molecule has 4 heteroatoms. The van der Waals surface area contributed by atoms with Crippen LogP contribution in [-0.4, -0.2) is 0 Å². The van der Waals surface area contributed by atoms with Crippen LogP contribution in [0.2, 0.25) is 5.02 Å². The number of halogens is 3. The van der Waals surface area contributed by atoms with Gasteiger partial charge in [0.05, 0.1) is 5.02 Å². The van der Waals surface area contributed by atoms with Gasteiger partial charge in [-0.05, 0) is 51.3 Å². The number of nitrogens with one attached hydrogen (secondary N) is 1. The van der Waals surface area contributed by atoms with Crippen LogP contribution in [0.15, 0.2) is 51.4 Å². The van der Waals surface area contributed by atoms with E-state index in [4.69, 9.17) is 11.6 Å². The van der Waals surface area contributed by atoms with Crippen LogP contribution in [0.4, 0.5) is 0 Å². The van der Waals surface area contributed by atoms with Crippen LogP contribution in [0.5, 0.6) is 0 Å². The first-order chi connectivity index (χ1) is 8.65. The molecule has 0 amide bonds. The summed E-state index contributed by atoms with van der Waals surface area (Å²) in [6.45, 7) is 1.68. The van der Waals surface area contributed by atoms with Gasteiger partial charge in [-0.25, -0.2) is 0 Å². The van der Waals surface area contributed by atoms with Gasteiger partial charge in [-0.15, -0.1) is 0 Å². The molecule has 1 nitrogen and oxygen atoms in total. The minimum absolute atomic E-state index is 0.742. The van der Waals surface area contributed by atoms with Crippen molar-refractivity contribution in [3.05, 3.63) is 67.6 Å². The molecule has 18 heavy (non-hydrogen) atoms. The highest BCUT2D eigenvalue weighted by atomic mass is 79.9. The molecule has 0 saturated carbocycles. The van der Waals surface area contributed by atoms with Crippen LogP contribution >= 0.6 is 43.5 Å². The van der Waals surface area contributed by atoms with Crippen molar-refractivity contribution in [2.45, 2.75) is 13.1 Å². The fraction of sp³-hybridized carbons (Fsp3) is 0.143. The summed E-state index contributed by atoms with van der Waals surface area (Å²) in [5.74, 6) is 0. The van der Waals surface area contributed by atoms with Gasteiger partial charge in [-0.1, -0.05) is 45.7 Å². The Morgan fingerprint density at radius 1 is 0.889 bits per heavy atom. The minimum atomic E-state index is 0.742. The molecule has 0 bridgehead atoms. The van der Waals surface area contributed by atoms with Crippen LogP contribution in [0, 0.1) is 0 Å². The maximum atomic E-state index is 5.95. The average molecular weight is 390 g/mol. The Hall–Kier alpha value is -0.350. The van der Waals surface area contributed by atoms with E-state index in [2.05, 4.69) is 61.4 Å². The summed E-state index contributed by atoms with van der Waals surface area (Å²) in [6.07, 6.45) is 0. The van der Waals surface area contributed by atoms with Gasteiger partial charge < -0.3 is 5.32 Å². The Labute approximate surface area is 129 Å². The number of benzene rings is 2. The van der Waals surface area contributed by atoms with Gasteiger partial charge in [0.1, 0.15) is 0 Å². The first kappa shape index (κ1) is 14.1. The van der Waals surface area contributed by atoms with Gasteiger partial charge in [0, 0.05) is 22.0 Å². The molecule has 0 unspecified atom stereocenters. The Bertz CT molecular complexity index is 526. The smallest absolute Gasteiger partial charge is 0.0548 e. The lowest BCUT2D eigenvalue weighted by molar-refractivity contribution is 0.693. The minimum Gasteiger partial charge on any atom is -0.309 e. The SMILES string of the molecule is Clc1ccc(CNCc2ccc(Br)cc2)cc1Br. The molecule has 0 spiro atoms. The van der Waals surface area contributed by atoms with E-state index in [-0.39, 0.29) is 0 Å². The van der Waals surface area contributed by atoms with Crippen molar-refractivity contribution in [3.63, 3.8) is 0 Å². The zero-order valence-corrected chi connectivity index (χ0v) is 13.5. The van der Waals surface area contributed by atoms with Crippen LogP contribution in [-0.2, 0) is 13.1 Å². The normalized spacial score (nSPS) is 10.6. The molecule has 0 aromatic heterocycles. The first-order valence-electron chi connectivity index (χ1n) is 5.54. The van der Waals surface area contributed by atoms with E-state index in [9.17, 15) is 0 Å². The van der Waals surface area contributed by atoms with Crippen LogP contribution in [0.1, 0.15) is 11.1 Å². The fourth-order valence-corrected chi connectivity index (χ4v) is 2.41. The Morgan fingerprint density at radius 3 is 2.17 bits per heavy atom. The lowest BCUT2D eigenvalue weighted by atomic mass is 10.2. The van der Waals surface area contributed by atoms with E-state index < -0.39 is 0 Å². The standard InChI is InChI=1S/C14H12Br2ClN/c15-12-4-1-10(2-5-12)8-18-9-11-3-6-14(17)13(16)7-11/h1-7,18H,8-9H2. The van der Waals surface area contributed by atoms with Crippen molar-refractivity contribution in [3.8, 4) is 0 Å². The molecule has 94 valence electrons. The molecule has 0 aliphatic carbocycles. The quantitative estimate of drug-likeness (QED) is 0.762. The summed E-state index contributed by atoms with van der Waals surface area (Å²) >= 11 is 12.8. The monoisotopic (exact) mass is 387 g/mol. The third-order valence-electron chi connectivity index (χ3n) is 2.56. The van der Waals surface area contributed by atoms with E-state index in [1.54, 1.807) is 0 Å². The van der Waals surface area contributed by atoms with Crippen molar-refractivity contribution < 1.29 is 0 Å². The van der Waals surface area contributed by atoms with Crippen molar-refractivity contribution in [1.82, 2.24) is 5.32 Å². The Kier molecular flexibility index (Phi) is 5.25. The van der Waals surface area contributed by atoms with E-state index in [0.29, 0.717) is 0 Å². The molecule has 1 N–H and O–H groups in total. The highest BCUT2D eigenvalue weighted by Gasteiger charge is 1.99. The molecule has 2 rings (SSSR count). The zero-order valence-electron chi connectivity index (χ0n) is 9.59.